The Morgan fingerprint density at radius 2 is 1.40 bits per heavy atom. The van der Waals surface area contributed by atoms with E-state index in [0.717, 1.165) is 64.2 Å². The third kappa shape index (κ3) is 15.0. The van der Waals surface area contributed by atoms with Gasteiger partial charge in [0.05, 0.1) is 0 Å². The number of hydrogen-bond donors (Lipinski definition) is 2. The van der Waals surface area contributed by atoms with Crippen LogP contribution in [0, 0.1) is 13.8 Å². The van der Waals surface area contributed by atoms with Crippen molar-refractivity contribution in [3.8, 4) is 0 Å². The first-order valence-corrected chi connectivity index (χ1v) is 21.7. The molecule has 0 saturated heterocycles. The summed E-state index contributed by atoms with van der Waals surface area (Å²) in [5.74, 6) is 9.24. The van der Waals surface area contributed by atoms with Gasteiger partial charge in [0.2, 0.25) is 0 Å². The summed E-state index contributed by atoms with van der Waals surface area (Å²) in [6, 6.07) is 26.2. The number of ether oxygens (including phenoxy) is 1. The lowest BCUT2D eigenvalue weighted by molar-refractivity contribution is 0.126. The number of benzene rings is 3. The van der Waals surface area contributed by atoms with Crippen molar-refractivity contribution in [3.63, 3.8) is 0 Å². The molecule has 278 valence electrons. The van der Waals surface area contributed by atoms with Gasteiger partial charge in [-0.25, -0.2) is 0 Å². The smallest absolute Gasteiger partial charge is 0.0466 e. The first kappa shape index (κ1) is 41.8. The third-order valence-corrected chi connectivity index (χ3v) is 10.7. The molecule has 1 unspecified atom stereocenters. The van der Waals surface area contributed by atoms with Crippen LogP contribution in [-0.4, -0.2) is 67.8 Å². The highest BCUT2D eigenvalue weighted by Gasteiger charge is 2.21. The van der Waals surface area contributed by atoms with Gasteiger partial charge in [0.25, 0.3) is 0 Å². The monoisotopic (exact) mass is 702 g/mol. The summed E-state index contributed by atoms with van der Waals surface area (Å²) >= 11 is 0. The molecule has 0 radical (unpaired) electrons. The Labute approximate surface area is 308 Å². The van der Waals surface area contributed by atoms with Gasteiger partial charge in [-0.05, 0) is 145 Å². The zero-order valence-electron chi connectivity index (χ0n) is 33.0. The van der Waals surface area contributed by atoms with E-state index in [0.29, 0.717) is 23.9 Å². The Balaban J connectivity index is 1.31. The number of aryl methyl sites for hydroxylation is 3. The van der Waals surface area contributed by atoms with Crippen LogP contribution in [0.3, 0.4) is 0 Å². The number of nitrogens with zero attached hydrogens (tertiary/aromatic N) is 1. The predicted molar refractivity (Wildman–Crippen MR) is 227 cm³/mol. The summed E-state index contributed by atoms with van der Waals surface area (Å²) in [6.07, 6.45) is 11.5. The van der Waals surface area contributed by atoms with E-state index in [2.05, 4.69) is 148 Å². The molecule has 3 rings (SSSR count). The number of unbranched alkanes of at least 4 members (excludes halogenated alkanes) is 4. The molecular weight excluding hydrogens is 631 g/mol. The standard InChI is InChI=1S/C45H71N3OS/c1-35(2)48(36(3)4)29-27-43(41-21-14-13-15-22-41)44-32-40(25-23-37(44)5)20-16-19-31-49-30-18-12-11-17-28-46-34-39(7)42-26-24-38(6)45(33-42)47-50(8,9)10/h13-15,21-26,32-33,35-36,39,43,46-47H,8-9,11-12,16-20,27-31,34H2,1-7,10H3/t39?,43-/m1/s1. The van der Waals surface area contributed by atoms with Crippen molar-refractivity contribution in [3.05, 3.63) is 100 Å². The lowest BCUT2D eigenvalue weighted by atomic mass is 9.84. The molecule has 0 saturated carbocycles. The van der Waals surface area contributed by atoms with E-state index in [9.17, 15) is 0 Å². The lowest BCUT2D eigenvalue weighted by Gasteiger charge is -2.32. The van der Waals surface area contributed by atoms with Gasteiger partial charge in [0, 0.05) is 43.4 Å². The van der Waals surface area contributed by atoms with Crippen molar-refractivity contribution in [1.29, 1.82) is 0 Å². The minimum atomic E-state index is -1.29. The minimum Gasteiger partial charge on any atom is -0.381 e. The molecule has 2 N–H and O–H groups in total. The molecule has 0 spiro atoms. The van der Waals surface area contributed by atoms with Gasteiger partial charge >= 0.3 is 0 Å². The van der Waals surface area contributed by atoms with Gasteiger partial charge < -0.3 is 14.8 Å². The van der Waals surface area contributed by atoms with Gasteiger partial charge in [-0.3, -0.25) is 4.90 Å². The molecule has 0 amide bonds. The fourth-order valence-corrected chi connectivity index (χ4v) is 7.75. The Hall–Kier alpha value is -2.57. The van der Waals surface area contributed by atoms with Crippen molar-refractivity contribution < 1.29 is 4.74 Å². The van der Waals surface area contributed by atoms with E-state index in [-0.39, 0.29) is 0 Å². The van der Waals surface area contributed by atoms with Crippen LogP contribution in [0.4, 0.5) is 5.69 Å². The molecule has 0 heterocycles. The number of hydrogen-bond acceptors (Lipinski definition) is 4. The van der Waals surface area contributed by atoms with Crippen molar-refractivity contribution in [2.75, 3.05) is 43.8 Å². The minimum absolute atomic E-state index is 0.416. The summed E-state index contributed by atoms with van der Waals surface area (Å²) in [5, 5.41) is 3.67. The molecule has 3 aromatic carbocycles. The molecule has 0 bridgehead atoms. The molecule has 0 aliphatic rings. The second-order valence-electron chi connectivity index (χ2n) is 15.4. The van der Waals surface area contributed by atoms with Crippen LogP contribution < -0.4 is 10.0 Å². The zero-order chi connectivity index (χ0) is 36.5. The van der Waals surface area contributed by atoms with Gasteiger partial charge in [0.15, 0.2) is 0 Å². The van der Waals surface area contributed by atoms with Gasteiger partial charge in [-0.15, -0.1) is 9.39 Å². The fraction of sp³-hybridized carbons (Fsp3) is 0.556. The Bertz CT molecular complexity index is 1490. The number of nitrogens with one attached hydrogen (secondary N) is 2. The van der Waals surface area contributed by atoms with Crippen LogP contribution in [0.15, 0.2) is 66.7 Å². The van der Waals surface area contributed by atoms with Gasteiger partial charge in [-0.1, -0.05) is 92.2 Å². The maximum Gasteiger partial charge on any atom is 0.0466 e. The normalized spacial score (nSPS) is 13.3. The maximum atomic E-state index is 6.03. The summed E-state index contributed by atoms with van der Waals surface area (Å²) in [7, 11) is -1.29. The summed E-state index contributed by atoms with van der Waals surface area (Å²) in [5.41, 5.74) is 9.55. The molecular formula is C45H71N3OS. The molecule has 0 fully saturated rings. The van der Waals surface area contributed by atoms with Crippen LogP contribution in [-0.2, 0) is 11.2 Å². The van der Waals surface area contributed by atoms with Crippen molar-refractivity contribution in [1.82, 2.24) is 10.2 Å². The fourth-order valence-electron chi connectivity index (χ4n) is 7.00. The Morgan fingerprint density at radius 3 is 2.08 bits per heavy atom. The molecule has 4 nitrogen and oxygen atoms in total. The van der Waals surface area contributed by atoms with Gasteiger partial charge in [-0.2, -0.15) is 0 Å². The van der Waals surface area contributed by atoms with Crippen LogP contribution in [0.2, 0.25) is 0 Å². The molecule has 0 aliphatic carbocycles. The van der Waals surface area contributed by atoms with E-state index in [1.807, 2.05) is 0 Å². The largest absolute Gasteiger partial charge is 0.381 e. The van der Waals surface area contributed by atoms with Crippen LogP contribution >= 0.6 is 9.39 Å². The average Bonchev–Trinajstić information content (AvgIpc) is 3.06. The van der Waals surface area contributed by atoms with Crippen molar-refractivity contribution in [2.24, 2.45) is 0 Å². The van der Waals surface area contributed by atoms with Crippen molar-refractivity contribution >= 4 is 26.8 Å². The number of anilines is 1. The SMILES string of the molecule is C=S(=C)(C)Nc1cc(C(C)CNCCCCCCOCCCCc2ccc(C)c([C@H](CCN(C(C)C)C(C)C)c3ccccc3)c2)ccc1C. The van der Waals surface area contributed by atoms with Crippen LogP contribution in [0.5, 0.6) is 0 Å². The quantitative estimate of drug-likeness (QED) is 0.0720. The van der Waals surface area contributed by atoms with E-state index in [1.54, 1.807) is 0 Å². The predicted octanol–water partition coefficient (Wildman–Crippen LogP) is 10.9. The highest BCUT2D eigenvalue weighted by atomic mass is 32.2. The van der Waals surface area contributed by atoms with E-state index in [1.165, 1.54) is 59.1 Å². The summed E-state index contributed by atoms with van der Waals surface area (Å²) < 4.78 is 9.55. The lowest BCUT2D eigenvalue weighted by Crippen LogP contribution is -2.38. The van der Waals surface area contributed by atoms with Crippen LogP contribution in [0.25, 0.3) is 0 Å². The maximum absolute atomic E-state index is 6.03. The van der Waals surface area contributed by atoms with Crippen molar-refractivity contribution in [2.45, 2.75) is 124 Å². The second-order valence-corrected chi connectivity index (χ2v) is 18.2. The highest BCUT2D eigenvalue weighted by Crippen LogP contribution is 2.32. The summed E-state index contributed by atoms with van der Waals surface area (Å²) in [6.45, 7) is 20.9. The molecule has 5 heteroatoms. The third-order valence-electron chi connectivity index (χ3n) is 9.96. The molecule has 50 heavy (non-hydrogen) atoms. The average molecular weight is 702 g/mol. The number of rotatable bonds is 24. The highest BCUT2D eigenvalue weighted by molar-refractivity contribution is 8.28. The topological polar surface area (TPSA) is 36.5 Å². The molecule has 0 aliphatic heterocycles. The van der Waals surface area contributed by atoms with E-state index < -0.39 is 9.39 Å². The molecule has 3 aromatic rings. The zero-order valence-corrected chi connectivity index (χ0v) is 33.8. The first-order valence-electron chi connectivity index (χ1n) is 19.4. The van der Waals surface area contributed by atoms with Gasteiger partial charge in [0.1, 0.15) is 0 Å². The first-order chi connectivity index (χ1) is 23.9. The summed E-state index contributed by atoms with van der Waals surface area (Å²) in [4.78, 5) is 2.63. The second kappa shape index (κ2) is 21.7. The molecule has 0 aromatic heterocycles. The van der Waals surface area contributed by atoms with E-state index in [4.69, 9.17) is 4.74 Å². The van der Waals surface area contributed by atoms with E-state index >= 15 is 0 Å². The van der Waals surface area contributed by atoms with Crippen LogP contribution in [0.1, 0.15) is 125 Å². The molecule has 2 atom stereocenters. The Morgan fingerprint density at radius 1 is 0.740 bits per heavy atom. The Kier molecular flexibility index (Phi) is 18.2.